The molecule has 1 aromatic carbocycles. The Labute approximate surface area is 168 Å². The Morgan fingerprint density at radius 2 is 1.93 bits per heavy atom. The van der Waals surface area contributed by atoms with Crippen molar-refractivity contribution in [1.29, 1.82) is 0 Å². The molecule has 0 bridgehead atoms. The molecule has 1 amide bonds. The Morgan fingerprint density at radius 1 is 1.07 bits per heavy atom. The summed E-state index contributed by atoms with van der Waals surface area (Å²) in [5.74, 6) is 0.274. The lowest BCUT2D eigenvalue weighted by atomic mass is 10.3. The van der Waals surface area contributed by atoms with E-state index in [1.165, 1.54) is 28.2 Å². The van der Waals surface area contributed by atoms with Crippen LogP contribution in [0.15, 0.2) is 72.4 Å². The highest BCUT2D eigenvalue weighted by Crippen LogP contribution is 2.26. The molecule has 1 N–H and O–H groups in total. The number of hydrogen-bond donors (Lipinski definition) is 1. The average Bonchev–Trinajstić information content (AvgIpc) is 3.48. The highest BCUT2D eigenvalue weighted by molar-refractivity contribution is 7.13. The lowest BCUT2D eigenvalue weighted by Crippen LogP contribution is -2.16. The molecule has 5 aromatic rings. The second-order valence-electron chi connectivity index (χ2n) is 6.15. The van der Waals surface area contributed by atoms with Gasteiger partial charge in [0.05, 0.1) is 10.6 Å². The fourth-order valence-electron chi connectivity index (χ4n) is 2.96. The molecule has 0 radical (unpaired) electrons. The maximum absolute atomic E-state index is 13.3. The first-order chi connectivity index (χ1) is 14.2. The van der Waals surface area contributed by atoms with Crippen molar-refractivity contribution in [3.63, 3.8) is 0 Å². The Hall–Kier alpha value is -3.85. The monoisotopic (exact) mass is 404 g/mol. The van der Waals surface area contributed by atoms with Gasteiger partial charge >= 0.3 is 0 Å². The number of anilines is 1. The zero-order valence-electron chi connectivity index (χ0n) is 14.9. The van der Waals surface area contributed by atoms with Crippen molar-refractivity contribution in [1.82, 2.24) is 24.1 Å². The van der Waals surface area contributed by atoms with E-state index in [1.54, 1.807) is 41.1 Å². The van der Waals surface area contributed by atoms with Crippen LogP contribution in [0, 0.1) is 5.82 Å². The Balaban J connectivity index is 1.55. The van der Waals surface area contributed by atoms with Crippen LogP contribution in [0.3, 0.4) is 0 Å². The minimum Gasteiger partial charge on any atom is -0.305 e. The fraction of sp³-hybridized carbons (Fsp3) is 0. The van der Waals surface area contributed by atoms with Crippen LogP contribution < -0.4 is 5.32 Å². The summed E-state index contributed by atoms with van der Waals surface area (Å²) in [7, 11) is 0. The van der Waals surface area contributed by atoms with E-state index < -0.39 is 5.91 Å². The minimum atomic E-state index is -0.454. The molecule has 29 heavy (non-hydrogen) atoms. The molecule has 0 saturated heterocycles. The Bertz CT molecular complexity index is 1310. The number of nitrogens with one attached hydrogen (secondary N) is 1. The zero-order valence-corrected chi connectivity index (χ0v) is 15.7. The summed E-state index contributed by atoms with van der Waals surface area (Å²) in [4.78, 5) is 22.4. The topological polar surface area (TPSA) is 77.1 Å². The number of pyridine rings is 1. The van der Waals surface area contributed by atoms with E-state index in [-0.39, 0.29) is 11.6 Å². The van der Waals surface area contributed by atoms with Gasteiger partial charge in [0.25, 0.3) is 5.91 Å². The quantitative estimate of drug-likeness (QED) is 0.491. The van der Waals surface area contributed by atoms with Crippen molar-refractivity contribution < 1.29 is 9.18 Å². The normalized spacial score (nSPS) is 11.1. The summed E-state index contributed by atoms with van der Waals surface area (Å²) >= 11 is 1.48. The molecular weight excluding hydrogens is 391 g/mol. The van der Waals surface area contributed by atoms with Crippen LogP contribution in [0.1, 0.15) is 10.6 Å². The van der Waals surface area contributed by atoms with E-state index in [1.807, 2.05) is 23.6 Å². The first-order valence-corrected chi connectivity index (χ1v) is 9.57. The van der Waals surface area contributed by atoms with E-state index in [9.17, 15) is 9.18 Å². The molecule has 9 heteroatoms. The van der Waals surface area contributed by atoms with Crippen molar-refractivity contribution in [2.45, 2.75) is 0 Å². The summed E-state index contributed by atoms with van der Waals surface area (Å²) in [5, 5.41) is 9.12. The molecule has 0 aliphatic heterocycles. The average molecular weight is 404 g/mol. The second-order valence-corrected chi connectivity index (χ2v) is 7.09. The van der Waals surface area contributed by atoms with Crippen LogP contribution in [0.4, 0.5) is 10.2 Å². The first-order valence-electron chi connectivity index (χ1n) is 8.69. The van der Waals surface area contributed by atoms with Crippen molar-refractivity contribution in [3.05, 3.63) is 84.0 Å². The van der Waals surface area contributed by atoms with Crippen molar-refractivity contribution >= 4 is 28.7 Å². The molecular formula is C20H13FN6OS. The summed E-state index contributed by atoms with van der Waals surface area (Å²) < 4.78 is 16.6. The maximum atomic E-state index is 13.3. The van der Waals surface area contributed by atoms with Crippen molar-refractivity contribution in [2.75, 3.05) is 5.32 Å². The number of carbonyl (C=O) groups is 1. The lowest BCUT2D eigenvalue weighted by molar-refractivity contribution is 0.101. The number of hydrogen-bond acceptors (Lipinski definition) is 5. The summed E-state index contributed by atoms with van der Waals surface area (Å²) in [6.07, 6.45) is 3.41. The number of amides is 1. The molecule has 5 rings (SSSR count). The molecule has 0 aliphatic carbocycles. The van der Waals surface area contributed by atoms with Crippen LogP contribution >= 0.6 is 11.3 Å². The molecule has 0 atom stereocenters. The zero-order chi connectivity index (χ0) is 19.8. The number of aromatic nitrogens is 5. The number of rotatable bonds is 4. The number of nitrogens with zero attached hydrogens (tertiary/aromatic N) is 5. The minimum absolute atomic E-state index is 0.00911. The molecule has 4 heterocycles. The molecule has 0 aliphatic rings. The predicted molar refractivity (Wildman–Crippen MR) is 108 cm³/mol. The number of halogens is 1. The van der Waals surface area contributed by atoms with Gasteiger partial charge < -0.3 is 5.32 Å². The summed E-state index contributed by atoms with van der Waals surface area (Å²) in [6, 6.07) is 15.1. The van der Waals surface area contributed by atoms with Crippen LogP contribution in [-0.2, 0) is 0 Å². The highest BCUT2D eigenvalue weighted by Gasteiger charge is 2.20. The van der Waals surface area contributed by atoms with Crippen LogP contribution in [0.25, 0.3) is 22.0 Å². The molecule has 7 nitrogen and oxygen atoms in total. The van der Waals surface area contributed by atoms with Gasteiger partial charge in [0.2, 0.25) is 5.82 Å². The Morgan fingerprint density at radius 3 is 2.72 bits per heavy atom. The number of benzene rings is 1. The van der Waals surface area contributed by atoms with Crippen LogP contribution in [-0.4, -0.2) is 30.1 Å². The number of imidazole rings is 1. The van der Waals surface area contributed by atoms with Gasteiger partial charge in [-0.3, -0.25) is 9.20 Å². The third-order valence-electron chi connectivity index (χ3n) is 4.29. The number of carbonyl (C=O) groups excluding carboxylic acids is 1. The third kappa shape index (κ3) is 3.17. The van der Waals surface area contributed by atoms with Crippen molar-refractivity contribution in [2.24, 2.45) is 0 Å². The van der Waals surface area contributed by atoms with Gasteiger partial charge in [-0.1, -0.05) is 12.1 Å². The van der Waals surface area contributed by atoms with Gasteiger partial charge in [-0.25, -0.2) is 19.0 Å². The Kier molecular flexibility index (Phi) is 4.14. The molecule has 142 valence electrons. The SMILES string of the molecule is O=C(Nc1cccc2nccn12)c1nc(-c2cccs2)n(-c2ccc(F)cc2)n1. The van der Waals surface area contributed by atoms with Gasteiger partial charge in [-0.15, -0.1) is 16.4 Å². The lowest BCUT2D eigenvalue weighted by Gasteiger charge is -2.05. The summed E-state index contributed by atoms with van der Waals surface area (Å²) in [6.45, 7) is 0. The molecule has 0 unspecified atom stereocenters. The summed E-state index contributed by atoms with van der Waals surface area (Å²) in [5.41, 5.74) is 1.32. The van der Waals surface area contributed by atoms with E-state index in [2.05, 4.69) is 20.4 Å². The van der Waals surface area contributed by atoms with E-state index in [0.717, 1.165) is 4.88 Å². The molecule has 0 fully saturated rings. The van der Waals surface area contributed by atoms with Crippen LogP contribution in [0.5, 0.6) is 0 Å². The van der Waals surface area contributed by atoms with E-state index in [0.29, 0.717) is 23.0 Å². The largest absolute Gasteiger partial charge is 0.305 e. The van der Waals surface area contributed by atoms with Gasteiger partial charge in [0.1, 0.15) is 17.3 Å². The third-order valence-corrected chi connectivity index (χ3v) is 5.16. The van der Waals surface area contributed by atoms with Gasteiger partial charge in [0.15, 0.2) is 5.82 Å². The highest BCUT2D eigenvalue weighted by atomic mass is 32.1. The van der Waals surface area contributed by atoms with E-state index >= 15 is 0 Å². The van der Waals surface area contributed by atoms with Gasteiger partial charge in [0, 0.05) is 12.4 Å². The molecule has 0 saturated carbocycles. The van der Waals surface area contributed by atoms with E-state index in [4.69, 9.17) is 0 Å². The molecule has 0 spiro atoms. The van der Waals surface area contributed by atoms with Gasteiger partial charge in [-0.05, 0) is 47.8 Å². The predicted octanol–water partition coefficient (Wildman–Crippen LogP) is 4.03. The maximum Gasteiger partial charge on any atom is 0.296 e. The molecule has 4 aromatic heterocycles. The van der Waals surface area contributed by atoms with Crippen LogP contribution in [0.2, 0.25) is 0 Å². The second kappa shape index (κ2) is 6.95. The smallest absolute Gasteiger partial charge is 0.296 e. The number of thiophene rings is 1. The van der Waals surface area contributed by atoms with Gasteiger partial charge in [-0.2, -0.15) is 0 Å². The first kappa shape index (κ1) is 17.3. The van der Waals surface area contributed by atoms with Crippen molar-refractivity contribution in [3.8, 4) is 16.4 Å². The fourth-order valence-corrected chi connectivity index (χ4v) is 3.66. The number of fused-ring (bicyclic) bond motifs is 1. The standard InChI is InChI=1S/C20H13FN6OS/c21-13-6-8-14(9-7-13)27-19(15-3-2-12-29-15)24-18(25-27)20(28)23-17-5-1-4-16-22-10-11-26(16)17/h1-12H,(H,23,28).